The number of rotatable bonds is 4. The number of ketones is 1. The molecule has 64 valence electrons. The van der Waals surface area contributed by atoms with Gasteiger partial charge in [0.1, 0.15) is 0 Å². The Kier molecular flexibility index (Phi) is 2.94. The van der Waals surface area contributed by atoms with E-state index in [0.29, 0.717) is 17.8 Å². The van der Waals surface area contributed by atoms with Gasteiger partial charge in [0.2, 0.25) is 0 Å². The van der Waals surface area contributed by atoms with Crippen LogP contribution in [0.2, 0.25) is 0 Å². The van der Waals surface area contributed by atoms with Crippen molar-refractivity contribution in [1.82, 2.24) is 0 Å². The lowest BCUT2D eigenvalue weighted by atomic mass is 10.1. The zero-order valence-electron chi connectivity index (χ0n) is 7.14. The number of Topliss-reactive ketones (excluding diaryl/α,β-unsaturated/α-hetero) is 1. The Morgan fingerprint density at radius 3 is 2.73 bits per heavy atom. The molecule has 1 saturated carbocycles. The number of carbonyl (C=O) groups is 1. The van der Waals surface area contributed by atoms with Crippen molar-refractivity contribution in [3.05, 3.63) is 0 Å². The lowest BCUT2D eigenvalue weighted by Crippen LogP contribution is -2.04. The summed E-state index contributed by atoms with van der Waals surface area (Å²) < 4.78 is 0. The molecule has 1 fully saturated rings. The molecule has 2 heteroatoms. The number of hydrogen-bond donors (Lipinski definition) is 0. The first-order valence-corrected chi connectivity index (χ1v) is 4.77. The zero-order chi connectivity index (χ0) is 8.43. The first kappa shape index (κ1) is 9.05. The van der Waals surface area contributed by atoms with Gasteiger partial charge in [-0.3, -0.25) is 4.79 Å². The van der Waals surface area contributed by atoms with Gasteiger partial charge in [-0.2, -0.15) is 0 Å². The molecule has 0 aromatic heterocycles. The Bertz CT molecular complexity index is 154. The molecule has 1 aliphatic carbocycles. The summed E-state index contributed by atoms with van der Waals surface area (Å²) >= 11 is 5.44. The molecular weight excluding hydrogens is 160 g/mol. The third-order valence-electron chi connectivity index (χ3n) is 2.24. The Hall–Kier alpha value is -0.0400. The van der Waals surface area contributed by atoms with Crippen LogP contribution >= 0.6 is 11.6 Å². The Balaban J connectivity index is 2.21. The highest BCUT2D eigenvalue weighted by Gasteiger charge is 2.41. The fourth-order valence-corrected chi connectivity index (χ4v) is 1.81. The van der Waals surface area contributed by atoms with E-state index in [4.69, 9.17) is 11.6 Å². The van der Waals surface area contributed by atoms with Crippen LogP contribution < -0.4 is 0 Å². The van der Waals surface area contributed by atoms with Gasteiger partial charge in [0.05, 0.1) is 5.88 Å². The van der Waals surface area contributed by atoms with E-state index in [1.807, 2.05) is 0 Å². The third-order valence-corrected chi connectivity index (χ3v) is 2.51. The summed E-state index contributed by atoms with van der Waals surface area (Å²) in [5.41, 5.74) is 0. The second-order valence-corrected chi connectivity index (χ2v) is 4.10. The standard InChI is InChI=1S/C9H15ClO/c1-6(2)3-7-4-8(7)9(11)5-10/h6-8H,3-5H2,1-2H3/t7-,8-/m1/s1. The molecule has 0 N–H and O–H groups in total. The summed E-state index contributed by atoms with van der Waals surface area (Å²) in [4.78, 5) is 11.0. The van der Waals surface area contributed by atoms with Crippen LogP contribution in [0.5, 0.6) is 0 Å². The van der Waals surface area contributed by atoms with Gasteiger partial charge in [-0.25, -0.2) is 0 Å². The smallest absolute Gasteiger partial charge is 0.150 e. The van der Waals surface area contributed by atoms with Gasteiger partial charge in [-0.1, -0.05) is 13.8 Å². The van der Waals surface area contributed by atoms with Crippen molar-refractivity contribution in [2.45, 2.75) is 26.7 Å². The van der Waals surface area contributed by atoms with E-state index in [0.717, 1.165) is 6.42 Å². The summed E-state index contributed by atoms with van der Waals surface area (Å²) in [5, 5.41) is 0. The Morgan fingerprint density at radius 2 is 2.27 bits per heavy atom. The molecule has 0 heterocycles. The van der Waals surface area contributed by atoms with Crippen molar-refractivity contribution < 1.29 is 4.79 Å². The van der Waals surface area contributed by atoms with E-state index in [1.54, 1.807) is 0 Å². The van der Waals surface area contributed by atoms with Gasteiger partial charge in [-0.15, -0.1) is 11.6 Å². The molecule has 0 amide bonds. The van der Waals surface area contributed by atoms with Crippen LogP contribution in [0.3, 0.4) is 0 Å². The minimum absolute atomic E-state index is 0.208. The lowest BCUT2D eigenvalue weighted by molar-refractivity contribution is -0.118. The van der Waals surface area contributed by atoms with Crippen molar-refractivity contribution >= 4 is 17.4 Å². The number of hydrogen-bond acceptors (Lipinski definition) is 1. The summed E-state index contributed by atoms with van der Waals surface area (Å²) in [6, 6.07) is 0. The Labute approximate surface area is 73.1 Å². The maximum absolute atomic E-state index is 11.0. The van der Waals surface area contributed by atoms with Crippen LogP contribution in [0.25, 0.3) is 0 Å². The first-order chi connectivity index (χ1) is 5.15. The molecule has 0 radical (unpaired) electrons. The van der Waals surface area contributed by atoms with Crippen LogP contribution in [0.15, 0.2) is 0 Å². The van der Waals surface area contributed by atoms with Gasteiger partial charge >= 0.3 is 0 Å². The molecular formula is C9H15ClO. The number of alkyl halides is 1. The van der Waals surface area contributed by atoms with Crippen molar-refractivity contribution in [3.8, 4) is 0 Å². The topological polar surface area (TPSA) is 17.1 Å². The molecule has 0 unspecified atom stereocenters. The average Bonchev–Trinajstić information content (AvgIpc) is 2.65. The minimum atomic E-state index is 0.208. The molecule has 0 saturated heterocycles. The highest BCUT2D eigenvalue weighted by Crippen LogP contribution is 2.43. The normalized spacial score (nSPS) is 29.1. The summed E-state index contributed by atoms with van der Waals surface area (Å²) in [6.07, 6.45) is 2.27. The van der Waals surface area contributed by atoms with Crippen molar-refractivity contribution in [2.24, 2.45) is 17.8 Å². The fourth-order valence-electron chi connectivity index (χ4n) is 1.61. The molecule has 0 spiro atoms. The molecule has 1 aliphatic rings. The molecule has 2 atom stereocenters. The van der Waals surface area contributed by atoms with Crippen LogP contribution in [-0.2, 0) is 4.79 Å². The molecule has 11 heavy (non-hydrogen) atoms. The summed E-state index contributed by atoms with van der Waals surface area (Å²) in [6.45, 7) is 4.39. The molecule has 0 aliphatic heterocycles. The highest BCUT2D eigenvalue weighted by atomic mass is 35.5. The van der Waals surface area contributed by atoms with Crippen LogP contribution in [0, 0.1) is 17.8 Å². The van der Waals surface area contributed by atoms with Crippen LogP contribution in [0.4, 0.5) is 0 Å². The Morgan fingerprint density at radius 1 is 1.64 bits per heavy atom. The zero-order valence-corrected chi connectivity index (χ0v) is 7.90. The molecule has 1 nitrogen and oxygen atoms in total. The molecule has 1 rings (SSSR count). The monoisotopic (exact) mass is 174 g/mol. The summed E-state index contributed by atoms with van der Waals surface area (Å²) in [7, 11) is 0. The maximum atomic E-state index is 11.0. The highest BCUT2D eigenvalue weighted by molar-refractivity contribution is 6.28. The van der Waals surface area contributed by atoms with Crippen LogP contribution in [-0.4, -0.2) is 11.7 Å². The van der Waals surface area contributed by atoms with Crippen molar-refractivity contribution in [2.75, 3.05) is 5.88 Å². The maximum Gasteiger partial charge on any atom is 0.150 e. The van der Waals surface area contributed by atoms with E-state index in [2.05, 4.69) is 13.8 Å². The minimum Gasteiger partial charge on any atom is -0.298 e. The second kappa shape index (κ2) is 3.57. The van der Waals surface area contributed by atoms with Crippen molar-refractivity contribution in [1.29, 1.82) is 0 Å². The third kappa shape index (κ3) is 2.48. The average molecular weight is 175 g/mol. The van der Waals surface area contributed by atoms with Gasteiger partial charge in [0.15, 0.2) is 5.78 Å². The lowest BCUT2D eigenvalue weighted by Gasteiger charge is -2.01. The molecule has 0 aromatic rings. The number of carbonyl (C=O) groups excluding carboxylic acids is 1. The van der Waals surface area contributed by atoms with Crippen LogP contribution in [0.1, 0.15) is 26.7 Å². The predicted octanol–water partition coefficient (Wildman–Crippen LogP) is 2.48. The van der Waals surface area contributed by atoms with E-state index >= 15 is 0 Å². The van der Waals surface area contributed by atoms with Gasteiger partial charge < -0.3 is 0 Å². The fraction of sp³-hybridized carbons (Fsp3) is 0.889. The number of halogens is 1. The van der Waals surface area contributed by atoms with Gasteiger partial charge in [0.25, 0.3) is 0 Å². The molecule has 0 aromatic carbocycles. The van der Waals surface area contributed by atoms with Gasteiger partial charge in [0, 0.05) is 5.92 Å². The second-order valence-electron chi connectivity index (χ2n) is 3.83. The van der Waals surface area contributed by atoms with E-state index < -0.39 is 0 Å². The van der Waals surface area contributed by atoms with E-state index in [-0.39, 0.29) is 11.7 Å². The SMILES string of the molecule is CC(C)C[C@@H]1C[C@H]1C(=O)CCl. The summed E-state index contributed by atoms with van der Waals surface area (Å²) in [5.74, 6) is 2.14. The van der Waals surface area contributed by atoms with Gasteiger partial charge in [-0.05, 0) is 24.7 Å². The quantitative estimate of drug-likeness (QED) is 0.599. The van der Waals surface area contributed by atoms with E-state index in [1.165, 1.54) is 6.42 Å². The predicted molar refractivity (Wildman–Crippen MR) is 46.8 cm³/mol. The van der Waals surface area contributed by atoms with E-state index in [9.17, 15) is 4.79 Å². The first-order valence-electron chi connectivity index (χ1n) is 4.23. The molecule has 0 bridgehead atoms. The van der Waals surface area contributed by atoms with Crippen molar-refractivity contribution in [3.63, 3.8) is 0 Å². The largest absolute Gasteiger partial charge is 0.298 e.